The molecular weight excluding hydrogens is 306 g/mol. The quantitative estimate of drug-likeness (QED) is 0.425. The van der Waals surface area contributed by atoms with Gasteiger partial charge in [-0.2, -0.15) is 0 Å². The Morgan fingerprint density at radius 2 is 1.95 bits per heavy atom. The van der Waals surface area contributed by atoms with E-state index < -0.39 is 16.8 Å². The van der Waals surface area contributed by atoms with Crippen molar-refractivity contribution in [1.82, 2.24) is 4.90 Å². The number of methoxy groups -OCH3 is 1. The number of rotatable bonds is 6. The fourth-order valence-corrected chi connectivity index (χ4v) is 4.94. The highest BCUT2D eigenvalue weighted by atomic mass is 32.2. The van der Waals surface area contributed by atoms with Crippen molar-refractivity contribution in [2.45, 2.75) is 49.0 Å². The molecule has 0 heterocycles. The van der Waals surface area contributed by atoms with Gasteiger partial charge < -0.3 is 9.64 Å². The Balaban J connectivity index is 2.85. The van der Waals surface area contributed by atoms with Gasteiger partial charge in [0.2, 0.25) is 0 Å². The number of carbonyl (C=O) groups is 1. The zero-order valence-electron chi connectivity index (χ0n) is 13.1. The molecule has 1 rings (SSSR count). The molecule has 1 aliphatic carbocycles. The van der Waals surface area contributed by atoms with Crippen LogP contribution in [0.5, 0.6) is 0 Å². The zero-order valence-corrected chi connectivity index (χ0v) is 14.7. The van der Waals surface area contributed by atoms with E-state index in [9.17, 15) is 9.00 Å². The third-order valence-electron chi connectivity index (χ3n) is 3.78. The first-order valence-electron chi connectivity index (χ1n) is 7.25. The minimum atomic E-state index is -1.09. The standard InChI is InChI=1S/C15H25NO3S2/c1-11(15(17)19-4)10-13(14(20)16(2)3)21(18)12-8-6-5-7-9-12/h12-13H,1,5-10H2,2-4H3/t13-,21-/m0/s1. The van der Waals surface area contributed by atoms with Crippen molar-refractivity contribution in [3.05, 3.63) is 12.2 Å². The van der Waals surface area contributed by atoms with E-state index in [4.69, 9.17) is 12.2 Å². The van der Waals surface area contributed by atoms with Crippen molar-refractivity contribution in [1.29, 1.82) is 0 Å². The second-order valence-electron chi connectivity index (χ2n) is 5.61. The third kappa shape index (κ3) is 5.18. The first kappa shape index (κ1) is 18.3. The van der Waals surface area contributed by atoms with Crippen molar-refractivity contribution in [3.63, 3.8) is 0 Å². The van der Waals surface area contributed by atoms with Crippen molar-refractivity contribution in [2.24, 2.45) is 0 Å². The Morgan fingerprint density at radius 1 is 1.38 bits per heavy atom. The summed E-state index contributed by atoms with van der Waals surface area (Å²) in [6.07, 6.45) is 5.71. The summed E-state index contributed by atoms with van der Waals surface area (Å²) in [6.45, 7) is 3.75. The molecule has 6 heteroatoms. The molecule has 4 nitrogen and oxygen atoms in total. The van der Waals surface area contributed by atoms with Crippen LogP contribution >= 0.6 is 12.2 Å². The van der Waals surface area contributed by atoms with E-state index >= 15 is 0 Å². The third-order valence-corrected chi connectivity index (χ3v) is 6.66. The molecule has 0 aliphatic heterocycles. The number of hydrogen-bond donors (Lipinski definition) is 0. The first-order valence-corrected chi connectivity index (χ1v) is 8.93. The molecule has 1 fully saturated rings. The summed E-state index contributed by atoms with van der Waals surface area (Å²) in [5.41, 5.74) is 0.329. The van der Waals surface area contributed by atoms with Crippen molar-refractivity contribution >= 4 is 34.0 Å². The average Bonchev–Trinajstić information content (AvgIpc) is 2.50. The molecule has 0 bridgehead atoms. The van der Waals surface area contributed by atoms with Gasteiger partial charge in [0, 0.05) is 35.7 Å². The lowest BCUT2D eigenvalue weighted by atomic mass is 10.0. The summed E-state index contributed by atoms with van der Waals surface area (Å²) in [5, 5.41) is -0.170. The van der Waals surface area contributed by atoms with Gasteiger partial charge in [-0.1, -0.05) is 38.1 Å². The van der Waals surface area contributed by atoms with Gasteiger partial charge in [-0.25, -0.2) is 4.79 Å². The van der Waals surface area contributed by atoms with Crippen LogP contribution in [0.1, 0.15) is 38.5 Å². The molecule has 1 saturated carbocycles. The average molecular weight is 332 g/mol. The highest BCUT2D eigenvalue weighted by Gasteiger charge is 2.31. The normalized spacial score (nSPS) is 18.6. The topological polar surface area (TPSA) is 46.6 Å². The smallest absolute Gasteiger partial charge is 0.333 e. The summed E-state index contributed by atoms with van der Waals surface area (Å²) in [5.74, 6) is -0.456. The molecule has 21 heavy (non-hydrogen) atoms. The van der Waals surface area contributed by atoms with Gasteiger partial charge in [-0.15, -0.1) is 0 Å². The van der Waals surface area contributed by atoms with E-state index in [1.165, 1.54) is 13.5 Å². The lowest BCUT2D eigenvalue weighted by molar-refractivity contribution is -0.136. The van der Waals surface area contributed by atoms with Crippen LogP contribution in [0.4, 0.5) is 0 Å². The number of nitrogens with zero attached hydrogens (tertiary/aromatic N) is 1. The summed E-state index contributed by atoms with van der Waals surface area (Å²) in [4.78, 5) is 14.0. The van der Waals surface area contributed by atoms with E-state index in [0.717, 1.165) is 25.7 Å². The summed E-state index contributed by atoms with van der Waals surface area (Å²) in [7, 11) is 3.92. The number of carbonyl (C=O) groups excluding carboxylic acids is 1. The molecule has 0 amide bonds. The van der Waals surface area contributed by atoms with Crippen LogP contribution in [-0.2, 0) is 20.3 Å². The number of ether oxygens (including phenoxy) is 1. The van der Waals surface area contributed by atoms with Crippen LogP contribution in [0.25, 0.3) is 0 Å². The largest absolute Gasteiger partial charge is 0.466 e. The van der Waals surface area contributed by atoms with Crippen LogP contribution in [0.3, 0.4) is 0 Å². The Morgan fingerprint density at radius 3 is 2.43 bits per heavy atom. The van der Waals surface area contributed by atoms with Crippen molar-refractivity contribution in [3.8, 4) is 0 Å². The molecule has 0 aromatic carbocycles. The molecule has 0 aromatic rings. The molecule has 0 N–H and O–H groups in total. The van der Waals surface area contributed by atoms with Gasteiger partial charge in [0.15, 0.2) is 0 Å². The molecule has 0 saturated heterocycles. The number of hydrogen-bond acceptors (Lipinski definition) is 4. The lowest BCUT2D eigenvalue weighted by Crippen LogP contribution is -2.40. The van der Waals surface area contributed by atoms with E-state index in [1.54, 1.807) is 4.90 Å². The predicted octanol–water partition coefficient (Wildman–Crippen LogP) is 2.44. The van der Waals surface area contributed by atoms with Crippen LogP contribution < -0.4 is 0 Å². The molecule has 120 valence electrons. The van der Waals surface area contributed by atoms with Gasteiger partial charge in [-0.05, 0) is 19.3 Å². The van der Waals surface area contributed by atoms with Crippen molar-refractivity contribution < 1.29 is 13.7 Å². The van der Waals surface area contributed by atoms with Crippen molar-refractivity contribution in [2.75, 3.05) is 21.2 Å². The minimum Gasteiger partial charge on any atom is -0.466 e. The Bertz CT molecular complexity index is 429. The van der Waals surface area contributed by atoms with E-state index in [0.29, 0.717) is 17.0 Å². The van der Waals surface area contributed by atoms with Gasteiger partial charge in [-0.3, -0.25) is 4.21 Å². The zero-order chi connectivity index (χ0) is 16.0. The SMILES string of the molecule is C=C(C[C@@H](C(=S)N(C)C)[S@@](=O)C1CCCCC1)C(=O)OC. The Labute approximate surface area is 135 Å². The number of esters is 1. The maximum Gasteiger partial charge on any atom is 0.333 e. The molecule has 0 aromatic heterocycles. The summed E-state index contributed by atoms with van der Waals surface area (Å²) >= 11 is 5.43. The second-order valence-corrected chi connectivity index (χ2v) is 7.92. The molecule has 0 radical (unpaired) electrons. The van der Waals surface area contributed by atoms with Gasteiger partial charge >= 0.3 is 5.97 Å². The number of thiocarbonyl (C=S) groups is 1. The summed E-state index contributed by atoms with van der Waals surface area (Å²) < 4.78 is 17.6. The van der Waals surface area contributed by atoms with Gasteiger partial charge in [0.05, 0.1) is 17.3 Å². The fourth-order valence-electron chi connectivity index (χ4n) is 2.54. The molecule has 0 spiro atoms. The molecular formula is C15H25NO3S2. The lowest BCUT2D eigenvalue weighted by Gasteiger charge is -2.29. The Kier molecular flexibility index (Phi) is 7.52. The summed E-state index contributed by atoms with van der Waals surface area (Å²) in [6, 6.07) is 0. The minimum absolute atomic E-state index is 0.173. The molecule has 1 aliphatic rings. The van der Waals surface area contributed by atoms with Crippen LogP contribution in [0, 0.1) is 0 Å². The van der Waals surface area contributed by atoms with E-state index in [2.05, 4.69) is 11.3 Å². The fraction of sp³-hybridized carbons (Fsp3) is 0.733. The van der Waals surface area contributed by atoms with Crippen LogP contribution in [0.2, 0.25) is 0 Å². The monoisotopic (exact) mass is 331 g/mol. The maximum absolute atomic E-state index is 12.9. The Hall–Kier alpha value is -0.750. The van der Waals surface area contributed by atoms with E-state index in [1.807, 2.05) is 14.1 Å². The molecule has 2 atom stereocenters. The predicted molar refractivity (Wildman–Crippen MR) is 90.9 cm³/mol. The van der Waals surface area contributed by atoms with Gasteiger partial charge in [0.1, 0.15) is 0 Å². The highest BCUT2D eigenvalue weighted by molar-refractivity contribution is 7.90. The molecule has 0 unspecified atom stereocenters. The van der Waals surface area contributed by atoms with Gasteiger partial charge in [0.25, 0.3) is 0 Å². The van der Waals surface area contributed by atoms with E-state index in [-0.39, 0.29) is 10.5 Å². The first-order chi connectivity index (χ1) is 9.88. The second kappa shape index (κ2) is 8.63. The van der Waals surface area contributed by atoms with Crippen LogP contribution in [0.15, 0.2) is 12.2 Å². The maximum atomic E-state index is 12.9. The van der Waals surface area contributed by atoms with Crippen LogP contribution in [-0.4, -0.2) is 51.8 Å². The highest BCUT2D eigenvalue weighted by Crippen LogP contribution is 2.27.